The van der Waals surface area contributed by atoms with E-state index in [4.69, 9.17) is 23.7 Å². The van der Waals surface area contributed by atoms with Crippen molar-refractivity contribution in [3.05, 3.63) is 54.6 Å². The van der Waals surface area contributed by atoms with Gasteiger partial charge in [-0.25, -0.2) is 0 Å². The van der Waals surface area contributed by atoms with Gasteiger partial charge < -0.3 is 23.7 Å². The number of hydrogen-bond acceptors (Lipinski definition) is 5. The van der Waals surface area contributed by atoms with E-state index in [2.05, 4.69) is 77.4 Å². The molecule has 0 radical (unpaired) electrons. The largest absolute Gasteiger partial charge is 0.497 e. The van der Waals surface area contributed by atoms with Crippen LogP contribution in [0, 0.1) is 22.2 Å². The van der Waals surface area contributed by atoms with Crippen molar-refractivity contribution >= 4 is 8.07 Å². The number of ether oxygens (including phenoxy) is 5. The minimum Gasteiger partial charge on any atom is -0.497 e. The van der Waals surface area contributed by atoms with Crippen LogP contribution < -0.4 is 4.74 Å². The summed E-state index contributed by atoms with van der Waals surface area (Å²) in [6, 6.07) is 9.32. The van der Waals surface area contributed by atoms with E-state index in [-0.39, 0.29) is 29.1 Å². The van der Waals surface area contributed by atoms with Gasteiger partial charge in [0, 0.05) is 34.3 Å². The van der Waals surface area contributed by atoms with Crippen LogP contribution in [0.15, 0.2) is 49.1 Å². The van der Waals surface area contributed by atoms with E-state index in [0.717, 1.165) is 49.6 Å². The Kier molecular flexibility index (Phi) is 9.19. The second-order valence-corrected chi connectivity index (χ2v) is 19.9. The Hall–Kier alpha value is -1.44. The van der Waals surface area contributed by atoms with E-state index in [0.29, 0.717) is 12.5 Å². The summed E-state index contributed by atoms with van der Waals surface area (Å²) in [7, 11) is 4.20. The molecule has 2 fully saturated rings. The number of methoxy groups -OCH3 is 3. The predicted molar refractivity (Wildman–Crippen MR) is 166 cm³/mol. The molecule has 0 N–H and O–H groups in total. The minimum absolute atomic E-state index is 0.00307. The SMILES string of the molecule is C=C[C@]1(OC)[C@]2(C=CC[C@@H]2OCC[Si](C)(C)C)[C@H](OC)CC2C(C)(C)[C@@H](OCc3ccc(OC)cc3)CC[C@]21C. The van der Waals surface area contributed by atoms with E-state index in [1.165, 1.54) is 0 Å². The first kappa shape index (κ1) is 31.5. The van der Waals surface area contributed by atoms with E-state index >= 15 is 0 Å². The van der Waals surface area contributed by atoms with Crippen LogP contribution in [0.25, 0.3) is 0 Å². The van der Waals surface area contributed by atoms with Gasteiger partial charge in [-0.15, -0.1) is 6.58 Å². The summed E-state index contributed by atoms with van der Waals surface area (Å²) < 4.78 is 32.0. The van der Waals surface area contributed by atoms with Crippen LogP contribution in [0.2, 0.25) is 25.7 Å². The fourth-order valence-electron chi connectivity index (χ4n) is 8.66. The number of rotatable bonds is 11. The summed E-state index contributed by atoms with van der Waals surface area (Å²) in [4.78, 5) is 0. The van der Waals surface area contributed by atoms with Gasteiger partial charge >= 0.3 is 0 Å². The lowest BCUT2D eigenvalue weighted by Gasteiger charge is -2.70. The van der Waals surface area contributed by atoms with Crippen molar-refractivity contribution in [3.63, 3.8) is 0 Å². The van der Waals surface area contributed by atoms with Gasteiger partial charge in [-0.2, -0.15) is 0 Å². The highest BCUT2D eigenvalue weighted by molar-refractivity contribution is 6.76. The quantitative estimate of drug-likeness (QED) is 0.202. The monoisotopic (exact) mass is 570 g/mol. The lowest BCUT2D eigenvalue weighted by Crippen LogP contribution is -2.75. The van der Waals surface area contributed by atoms with E-state index in [1.54, 1.807) is 7.11 Å². The van der Waals surface area contributed by atoms with Crippen LogP contribution in [0.4, 0.5) is 0 Å². The summed E-state index contributed by atoms with van der Waals surface area (Å²) in [5, 5.41) is 0. The molecular weight excluding hydrogens is 516 g/mol. The Morgan fingerprint density at radius 1 is 0.975 bits per heavy atom. The molecule has 0 aromatic heterocycles. The molecule has 40 heavy (non-hydrogen) atoms. The zero-order valence-electron chi connectivity index (χ0n) is 26.5. The fourth-order valence-corrected chi connectivity index (χ4v) is 9.40. The van der Waals surface area contributed by atoms with E-state index in [1.807, 2.05) is 26.4 Å². The van der Waals surface area contributed by atoms with Crippen LogP contribution in [0.5, 0.6) is 5.75 Å². The van der Waals surface area contributed by atoms with Crippen LogP contribution in [-0.4, -0.2) is 59.9 Å². The molecule has 1 spiro atoms. The van der Waals surface area contributed by atoms with Gasteiger partial charge in [0.2, 0.25) is 0 Å². The lowest BCUT2D eigenvalue weighted by atomic mass is 9.39. The third-order valence-corrected chi connectivity index (χ3v) is 12.6. The molecule has 224 valence electrons. The molecule has 0 saturated heterocycles. The molecule has 0 heterocycles. The molecule has 6 heteroatoms. The van der Waals surface area contributed by atoms with Gasteiger partial charge in [0.1, 0.15) is 11.4 Å². The number of fused-ring (bicyclic) bond motifs is 1. The molecule has 3 aliphatic carbocycles. The Morgan fingerprint density at radius 3 is 2.25 bits per heavy atom. The summed E-state index contributed by atoms with van der Waals surface area (Å²) >= 11 is 0. The maximum Gasteiger partial charge on any atom is 0.118 e. The molecule has 1 unspecified atom stereocenters. The van der Waals surface area contributed by atoms with Crippen molar-refractivity contribution < 1.29 is 23.7 Å². The van der Waals surface area contributed by atoms with Crippen LogP contribution in [-0.2, 0) is 25.6 Å². The van der Waals surface area contributed by atoms with Crippen LogP contribution in [0.1, 0.15) is 52.0 Å². The topological polar surface area (TPSA) is 46.2 Å². The third-order valence-electron chi connectivity index (χ3n) is 10.8. The molecule has 2 saturated carbocycles. The first-order valence-electron chi connectivity index (χ1n) is 15.1. The van der Waals surface area contributed by atoms with Gasteiger partial charge in [-0.3, -0.25) is 0 Å². The molecule has 3 aliphatic rings. The molecular formula is C34H54O5Si. The summed E-state index contributed by atoms with van der Waals surface area (Å²) in [6.07, 6.45) is 10.6. The van der Waals surface area contributed by atoms with E-state index in [9.17, 15) is 0 Å². The minimum atomic E-state index is -1.22. The maximum absolute atomic E-state index is 6.80. The van der Waals surface area contributed by atoms with Crippen LogP contribution in [0.3, 0.4) is 0 Å². The van der Waals surface area contributed by atoms with Crippen LogP contribution >= 0.6 is 0 Å². The Bertz CT molecular complexity index is 1050. The highest BCUT2D eigenvalue weighted by Crippen LogP contribution is 2.70. The van der Waals surface area contributed by atoms with Crippen molar-refractivity contribution in [2.24, 2.45) is 22.2 Å². The molecule has 0 amide bonds. The van der Waals surface area contributed by atoms with Gasteiger partial charge in [0.25, 0.3) is 0 Å². The van der Waals surface area contributed by atoms with Crippen molar-refractivity contribution in [3.8, 4) is 5.75 Å². The summed E-state index contributed by atoms with van der Waals surface area (Å²) in [6.45, 7) is 20.2. The lowest BCUT2D eigenvalue weighted by molar-refractivity contribution is -0.296. The number of benzene rings is 1. The predicted octanol–water partition coefficient (Wildman–Crippen LogP) is 7.68. The van der Waals surface area contributed by atoms with Crippen molar-refractivity contribution in [1.82, 2.24) is 0 Å². The Balaban J connectivity index is 1.65. The second kappa shape index (κ2) is 11.7. The zero-order valence-corrected chi connectivity index (χ0v) is 27.5. The summed E-state index contributed by atoms with van der Waals surface area (Å²) in [5.74, 6) is 1.17. The Labute approximate surface area is 244 Å². The normalized spacial score (nSPS) is 36.9. The molecule has 1 aromatic carbocycles. The first-order chi connectivity index (χ1) is 18.8. The molecule has 5 nitrogen and oxygen atoms in total. The van der Waals surface area contributed by atoms with Crippen molar-refractivity contribution in [2.45, 2.75) is 103 Å². The Morgan fingerprint density at radius 2 is 1.68 bits per heavy atom. The highest BCUT2D eigenvalue weighted by atomic mass is 28.3. The molecule has 0 aliphatic heterocycles. The maximum atomic E-state index is 6.80. The van der Waals surface area contributed by atoms with Gasteiger partial charge in [-0.05, 0) is 60.8 Å². The molecule has 0 bridgehead atoms. The standard InChI is InChI=1S/C34H54O5Si/c1-11-34(37-7)32(4)20-18-28(39-24-25-14-16-26(35-5)17-15-25)31(2,3)27(32)23-30(36-6)33(34)19-12-13-29(33)38-21-22-40(8,9)10/h11-12,14-17,19,27-30H,1,13,18,20-24H2,2-10H3/t27?,28-,29-,30+,32+,33-,34+/m0/s1. The smallest absolute Gasteiger partial charge is 0.118 e. The van der Waals surface area contributed by atoms with Gasteiger partial charge in [-0.1, -0.05) is 70.8 Å². The number of hydrogen-bond donors (Lipinski definition) is 0. The zero-order chi connectivity index (χ0) is 29.4. The van der Waals surface area contributed by atoms with Crippen molar-refractivity contribution in [2.75, 3.05) is 27.9 Å². The van der Waals surface area contributed by atoms with Gasteiger partial charge in [0.15, 0.2) is 0 Å². The molecule has 7 atom stereocenters. The van der Waals surface area contributed by atoms with E-state index < -0.39 is 19.1 Å². The average molecular weight is 571 g/mol. The highest BCUT2D eigenvalue weighted by Gasteiger charge is 2.74. The van der Waals surface area contributed by atoms with Gasteiger partial charge in [0.05, 0.1) is 37.4 Å². The average Bonchev–Trinajstić information content (AvgIpc) is 3.32. The summed E-state index contributed by atoms with van der Waals surface area (Å²) in [5.41, 5.74) is -0.179. The second-order valence-electron chi connectivity index (χ2n) is 14.3. The molecule has 1 aromatic rings. The first-order valence-corrected chi connectivity index (χ1v) is 18.8. The molecule has 4 rings (SSSR count). The third kappa shape index (κ3) is 5.06. The van der Waals surface area contributed by atoms with Crippen molar-refractivity contribution in [1.29, 1.82) is 0 Å². The fraction of sp³-hybridized carbons (Fsp3) is 0.706.